The van der Waals surface area contributed by atoms with Crippen molar-refractivity contribution in [3.05, 3.63) is 68.8 Å². The molecule has 2 rings (SSSR count). The molecule has 1 unspecified atom stereocenters. The van der Waals surface area contributed by atoms with Gasteiger partial charge in [-0.25, -0.2) is 0 Å². The predicted molar refractivity (Wildman–Crippen MR) is 90.8 cm³/mol. The average Bonchev–Trinajstić information content (AvgIpc) is 2.45. The Bertz CT molecular complexity index is 592. The molecular weight excluding hydrogens is 361 g/mol. The van der Waals surface area contributed by atoms with Crippen molar-refractivity contribution in [2.75, 3.05) is 0 Å². The van der Waals surface area contributed by atoms with Gasteiger partial charge in [0.2, 0.25) is 0 Å². The van der Waals surface area contributed by atoms with Crippen LogP contribution in [0.15, 0.2) is 48.5 Å². The van der Waals surface area contributed by atoms with Gasteiger partial charge in [0.15, 0.2) is 0 Å². The second-order valence-electron chi connectivity index (χ2n) is 4.86. The number of nitrogens with one attached hydrogen (secondary N) is 1. The highest BCUT2D eigenvalue weighted by molar-refractivity contribution is 14.1. The summed E-state index contributed by atoms with van der Waals surface area (Å²) in [5.41, 5.74) is 3.09. The molecule has 1 amide bonds. The van der Waals surface area contributed by atoms with Gasteiger partial charge in [0.25, 0.3) is 5.91 Å². The van der Waals surface area contributed by atoms with Gasteiger partial charge in [-0.05, 0) is 59.7 Å². The van der Waals surface area contributed by atoms with Crippen molar-refractivity contribution in [3.63, 3.8) is 0 Å². The normalized spacial score (nSPS) is 11.9. The van der Waals surface area contributed by atoms with Gasteiger partial charge in [-0.3, -0.25) is 4.79 Å². The third-order valence-corrected chi connectivity index (χ3v) is 3.95. The van der Waals surface area contributed by atoms with E-state index in [9.17, 15) is 4.79 Å². The van der Waals surface area contributed by atoms with E-state index in [-0.39, 0.29) is 11.9 Å². The van der Waals surface area contributed by atoms with Crippen LogP contribution in [0.1, 0.15) is 40.9 Å². The molecule has 0 aliphatic carbocycles. The van der Waals surface area contributed by atoms with E-state index in [1.165, 1.54) is 5.56 Å². The third-order valence-electron chi connectivity index (χ3n) is 3.28. The first-order chi connectivity index (χ1) is 9.60. The molecule has 1 N–H and O–H groups in total. The number of aryl methyl sites for hydroxylation is 1. The molecule has 0 fully saturated rings. The summed E-state index contributed by atoms with van der Waals surface area (Å²) in [6.07, 6.45) is 0.874. The Morgan fingerprint density at radius 2 is 1.90 bits per heavy atom. The highest BCUT2D eigenvalue weighted by Crippen LogP contribution is 2.18. The molecule has 1 atom stereocenters. The molecule has 0 saturated carbocycles. The lowest BCUT2D eigenvalue weighted by atomic mass is 10.0. The quantitative estimate of drug-likeness (QED) is 0.780. The molecule has 2 aromatic rings. The Hall–Kier alpha value is -1.36. The number of carbonyl (C=O) groups is 1. The first-order valence-electron chi connectivity index (χ1n) is 6.73. The van der Waals surface area contributed by atoms with E-state index in [1.54, 1.807) is 0 Å². The molecule has 3 heteroatoms. The maximum absolute atomic E-state index is 12.3. The molecule has 0 aliphatic heterocycles. The van der Waals surface area contributed by atoms with Crippen LogP contribution in [-0.2, 0) is 0 Å². The van der Waals surface area contributed by atoms with Gasteiger partial charge >= 0.3 is 0 Å². The van der Waals surface area contributed by atoms with Gasteiger partial charge in [0.05, 0.1) is 6.04 Å². The van der Waals surface area contributed by atoms with E-state index in [1.807, 2.05) is 24.3 Å². The van der Waals surface area contributed by atoms with Crippen molar-refractivity contribution in [1.29, 1.82) is 0 Å². The van der Waals surface area contributed by atoms with Crippen molar-refractivity contribution in [2.45, 2.75) is 26.3 Å². The average molecular weight is 379 g/mol. The summed E-state index contributed by atoms with van der Waals surface area (Å²) in [6.45, 7) is 4.15. The summed E-state index contributed by atoms with van der Waals surface area (Å²) < 4.78 is 1.07. The zero-order valence-corrected chi connectivity index (χ0v) is 13.8. The molecule has 2 nitrogen and oxygen atoms in total. The second-order valence-corrected chi connectivity index (χ2v) is 6.10. The van der Waals surface area contributed by atoms with Gasteiger partial charge in [-0.2, -0.15) is 0 Å². The monoisotopic (exact) mass is 379 g/mol. The minimum Gasteiger partial charge on any atom is -0.345 e. The minimum absolute atomic E-state index is 0.0176. The van der Waals surface area contributed by atoms with Gasteiger partial charge in [0.1, 0.15) is 0 Å². The summed E-state index contributed by atoms with van der Waals surface area (Å²) in [5, 5.41) is 3.10. The Morgan fingerprint density at radius 1 is 1.20 bits per heavy atom. The first-order valence-corrected chi connectivity index (χ1v) is 7.81. The van der Waals surface area contributed by atoms with Gasteiger partial charge < -0.3 is 5.32 Å². The molecule has 0 radical (unpaired) electrons. The summed E-state index contributed by atoms with van der Waals surface area (Å²) in [6, 6.07) is 16.0. The van der Waals surface area contributed by atoms with E-state index < -0.39 is 0 Å². The fraction of sp³-hybridized carbons (Fsp3) is 0.235. The number of hydrogen-bond donors (Lipinski definition) is 1. The molecule has 0 heterocycles. The maximum Gasteiger partial charge on any atom is 0.251 e. The highest BCUT2D eigenvalue weighted by atomic mass is 127. The van der Waals surface area contributed by atoms with Crippen LogP contribution in [-0.4, -0.2) is 5.91 Å². The van der Waals surface area contributed by atoms with E-state index in [0.717, 1.165) is 15.6 Å². The Labute approximate surface area is 133 Å². The van der Waals surface area contributed by atoms with Crippen LogP contribution in [0.5, 0.6) is 0 Å². The zero-order valence-electron chi connectivity index (χ0n) is 11.7. The standard InChI is InChI=1S/C17H18INO/c1-3-16(13-9-7-12(2)8-10-13)19-17(20)14-5-4-6-15(18)11-14/h4-11,16H,3H2,1-2H3,(H,19,20). The van der Waals surface area contributed by atoms with Crippen molar-refractivity contribution in [2.24, 2.45) is 0 Å². The van der Waals surface area contributed by atoms with E-state index in [2.05, 4.69) is 66.0 Å². The third kappa shape index (κ3) is 3.82. The molecule has 0 spiro atoms. The molecule has 0 aliphatic rings. The lowest BCUT2D eigenvalue weighted by molar-refractivity contribution is 0.0935. The van der Waals surface area contributed by atoms with Crippen LogP contribution < -0.4 is 5.32 Å². The van der Waals surface area contributed by atoms with Crippen LogP contribution in [0, 0.1) is 10.5 Å². The van der Waals surface area contributed by atoms with E-state index in [0.29, 0.717) is 5.56 Å². The molecule has 20 heavy (non-hydrogen) atoms. The van der Waals surface area contributed by atoms with Crippen LogP contribution in [0.3, 0.4) is 0 Å². The lowest BCUT2D eigenvalue weighted by Gasteiger charge is -2.18. The predicted octanol–water partition coefficient (Wildman–Crippen LogP) is 4.48. The van der Waals surface area contributed by atoms with Gasteiger partial charge in [0, 0.05) is 9.13 Å². The van der Waals surface area contributed by atoms with Crippen LogP contribution in [0.25, 0.3) is 0 Å². The number of halogens is 1. The van der Waals surface area contributed by atoms with E-state index in [4.69, 9.17) is 0 Å². The minimum atomic E-state index is -0.0176. The molecule has 0 aromatic heterocycles. The van der Waals surface area contributed by atoms with Crippen molar-refractivity contribution < 1.29 is 4.79 Å². The number of rotatable bonds is 4. The molecule has 2 aromatic carbocycles. The topological polar surface area (TPSA) is 29.1 Å². The zero-order chi connectivity index (χ0) is 14.5. The summed E-state index contributed by atoms with van der Waals surface area (Å²) in [5.74, 6) is -0.0176. The van der Waals surface area contributed by atoms with Crippen LogP contribution in [0.2, 0.25) is 0 Å². The van der Waals surface area contributed by atoms with E-state index >= 15 is 0 Å². The summed E-state index contributed by atoms with van der Waals surface area (Å²) in [4.78, 5) is 12.3. The smallest absolute Gasteiger partial charge is 0.251 e. The Morgan fingerprint density at radius 3 is 2.50 bits per heavy atom. The van der Waals surface area contributed by atoms with Gasteiger partial charge in [-0.1, -0.05) is 42.8 Å². The van der Waals surface area contributed by atoms with Gasteiger partial charge in [-0.15, -0.1) is 0 Å². The number of benzene rings is 2. The second kappa shape index (κ2) is 6.88. The van der Waals surface area contributed by atoms with Crippen molar-refractivity contribution in [1.82, 2.24) is 5.32 Å². The molecule has 0 bridgehead atoms. The maximum atomic E-state index is 12.3. The summed E-state index contributed by atoms with van der Waals surface area (Å²) >= 11 is 2.22. The molecule has 0 saturated heterocycles. The van der Waals surface area contributed by atoms with Crippen LogP contribution in [0.4, 0.5) is 0 Å². The Kier molecular flexibility index (Phi) is 5.17. The SMILES string of the molecule is CCC(NC(=O)c1cccc(I)c1)c1ccc(C)cc1. The van der Waals surface area contributed by atoms with Crippen molar-refractivity contribution >= 4 is 28.5 Å². The van der Waals surface area contributed by atoms with Crippen LogP contribution >= 0.6 is 22.6 Å². The first kappa shape index (κ1) is 15.0. The Balaban J connectivity index is 2.14. The van der Waals surface area contributed by atoms with Crippen molar-refractivity contribution in [3.8, 4) is 0 Å². The summed E-state index contributed by atoms with van der Waals surface area (Å²) in [7, 11) is 0. The lowest BCUT2D eigenvalue weighted by Crippen LogP contribution is -2.28. The number of carbonyl (C=O) groups excluding carboxylic acids is 1. The molecule has 104 valence electrons. The fourth-order valence-corrected chi connectivity index (χ4v) is 2.63. The number of hydrogen-bond acceptors (Lipinski definition) is 1. The fourth-order valence-electron chi connectivity index (χ4n) is 2.09. The largest absolute Gasteiger partial charge is 0.345 e. The molecular formula is C17H18INO. The highest BCUT2D eigenvalue weighted by Gasteiger charge is 2.14. The number of amides is 1.